The van der Waals surface area contributed by atoms with Crippen LogP contribution in [-0.2, 0) is 0 Å². The Hall–Kier alpha value is -0.820. The fourth-order valence-corrected chi connectivity index (χ4v) is 2.40. The SMILES string of the molecule is CCCN[C@@H]1C[C@H](C)c2ccccc21. The number of benzene rings is 1. The van der Waals surface area contributed by atoms with E-state index in [0.29, 0.717) is 6.04 Å². The van der Waals surface area contributed by atoms with E-state index in [0.717, 1.165) is 12.5 Å². The summed E-state index contributed by atoms with van der Waals surface area (Å²) in [5.41, 5.74) is 3.06. The molecule has 0 bridgehead atoms. The van der Waals surface area contributed by atoms with Crippen molar-refractivity contribution >= 4 is 0 Å². The standard InChI is InChI=1S/C13H19N/c1-3-8-14-13-9-10(2)11-6-4-5-7-12(11)13/h4-7,10,13-14H,3,8-9H2,1-2H3/t10-,13+/m0/s1. The number of rotatable bonds is 3. The predicted molar refractivity (Wildman–Crippen MR) is 60.5 cm³/mol. The van der Waals surface area contributed by atoms with Crippen LogP contribution in [0.5, 0.6) is 0 Å². The lowest BCUT2D eigenvalue weighted by molar-refractivity contribution is 0.505. The van der Waals surface area contributed by atoms with E-state index < -0.39 is 0 Å². The maximum Gasteiger partial charge on any atom is 0.0328 e. The van der Waals surface area contributed by atoms with Crippen LogP contribution in [0.3, 0.4) is 0 Å². The van der Waals surface area contributed by atoms with Gasteiger partial charge in [0.05, 0.1) is 0 Å². The summed E-state index contributed by atoms with van der Waals surface area (Å²) in [4.78, 5) is 0. The van der Waals surface area contributed by atoms with E-state index >= 15 is 0 Å². The lowest BCUT2D eigenvalue weighted by Gasteiger charge is -2.12. The number of fused-ring (bicyclic) bond motifs is 1. The van der Waals surface area contributed by atoms with Crippen molar-refractivity contribution in [2.45, 2.75) is 38.6 Å². The molecule has 1 aromatic rings. The van der Waals surface area contributed by atoms with Crippen molar-refractivity contribution in [1.82, 2.24) is 5.32 Å². The van der Waals surface area contributed by atoms with Crippen molar-refractivity contribution in [2.75, 3.05) is 6.54 Å². The first kappa shape index (κ1) is 9.72. The summed E-state index contributed by atoms with van der Waals surface area (Å²) < 4.78 is 0. The Morgan fingerprint density at radius 2 is 2.00 bits per heavy atom. The van der Waals surface area contributed by atoms with Crippen LogP contribution in [0, 0.1) is 0 Å². The third kappa shape index (κ3) is 1.69. The molecule has 1 aromatic carbocycles. The van der Waals surface area contributed by atoms with Crippen LogP contribution in [-0.4, -0.2) is 6.54 Å². The molecule has 0 spiro atoms. The Morgan fingerprint density at radius 3 is 2.71 bits per heavy atom. The first-order chi connectivity index (χ1) is 6.83. The topological polar surface area (TPSA) is 12.0 Å². The molecule has 0 amide bonds. The quantitative estimate of drug-likeness (QED) is 0.769. The van der Waals surface area contributed by atoms with Crippen molar-refractivity contribution in [1.29, 1.82) is 0 Å². The monoisotopic (exact) mass is 189 g/mol. The summed E-state index contributed by atoms with van der Waals surface area (Å²) in [6, 6.07) is 9.44. The molecule has 2 rings (SSSR count). The van der Waals surface area contributed by atoms with Gasteiger partial charge in [-0.3, -0.25) is 0 Å². The van der Waals surface area contributed by atoms with Gasteiger partial charge in [0.25, 0.3) is 0 Å². The fourth-order valence-electron chi connectivity index (χ4n) is 2.40. The molecule has 1 N–H and O–H groups in total. The van der Waals surface area contributed by atoms with Crippen LogP contribution in [0.1, 0.15) is 49.8 Å². The van der Waals surface area contributed by atoms with Crippen molar-refractivity contribution in [3.8, 4) is 0 Å². The van der Waals surface area contributed by atoms with Crippen LogP contribution in [0.15, 0.2) is 24.3 Å². The zero-order valence-corrected chi connectivity index (χ0v) is 9.09. The second kappa shape index (κ2) is 4.14. The third-order valence-corrected chi connectivity index (χ3v) is 3.13. The van der Waals surface area contributed by atoms with Gasteiger partial charge in [0.1, 0.15) is 0 Å². The van der Waals surface area contributed by atoms with Gasteiger partial charge in [-0.2, -0.15) is 0 Å². The van der Waals surface area contributed by atoms with Gasteiger partial charge >= 0.3 is 0 Å². The molecule has 0 fully saturated rings. The first-order valence-corrected chi connectivity index (χ1v) is 5.65. The molecule has 0 saturated heterocycles. The average molecular weight is 189 g/mol. The number of hydrogen-bond donors (Lipinski definition) is 1. The molecule has 0 aromatic heterocycles. The van der Waals surface area contributed by atoms with Crippen molar-refractivity contribution in [2.24, 2.45) is 0 Å². The Morgan fingerprint density at radius 1 is 1.29 bits per heavy atom. The van der Waals surface area contributed by atoms with Crippen LogP contribution >= 0.6 is 0 Å². The lowest BCUT2D eigenvalue weighted by Crippen LogP contribution is -2.19. The minimum absolute atomic E-state index is 0.598. The third-order valence-electron chi connectivity index (χ3n) is 3.13. The van der Waals surface area contributed by atoms with Gasteiger partial charge in [-0.05, 0) is 36.4 Å². The molecule has 0 unspecified atom stereocenters. The largest absolute Gasteiger partial charge is 0.310 e. The fraction of sp³-hybridized carbons (Fsp3) is 0.538. The van der Waals surface area contributed by atoms with Crippen LogP contribution < -0.4 is 5.32 Å². The van der Waals surface area contributed by atoms with Gasteiger partial charge in [-0.25, -0.2) is 0 Å². The number of nitrogens with one attached hydrogen (secondary N) is 1. The summed E-state index contributed by atoms with van der Waals surface area (Å²) in [7, 11) is 0. The molecule has 1 heteroatoms. The second-order valence-corrected chi connectivity index (χ2v) is 4.27. The molecule has 0 heterocycles. The molecule has 0 saturated carbocycles. The Balaban J connectivity index is 2.17. The second-order valence-electron chi connectivity index (χ2n) is 4.27. The highest BCUT2D eigenvalue weighted by Crippen LogP contribution is 2.39. The Bertz CT molecular complexity index is 306. The molecule has 1 aliphatic rings. The Labute approximate surface area is 86.5 Å². The van der Waals surface area contributed by atoms with Gasteiger partial charge in [0, 0.05) is 6.04 Å². The Kier molecular flexibility index (Phi) is 2.87. The van der Waals surface area contributed by atoms with E-state index in [2.05, 4.69) is 43.4 Å². The van der Waals surface area contributed by atoms with Gasteiger partial charge in [-0.1, -0.05) is 38.1 Å². The van der Waals surface area contributed by atoms with Gasteiger partial charge < -0.3 is 5.32 Å². The van der Waals surface area contributed by atoms with Crippen LogP contribution in [0.2, 0.25) is 0 Å². The van der Waals surface area contributed by atoms with Crippen molar-refractivity contribution in [3.05, 3.63) is 35.4 Å². The van der Waals surface area contributed by atoms with Crippen LogP contribution in [0.25, 0.3) is 0 Å². The summed E-state index contributed by atoms with van der Waals surface area (Å²) in [6.07, 6.45) is 2.48. The minimum atomic E-state index is 0.598. The van der Waals surface area contributed by atoms with Crippen molar-refractivity contribution in [3.63, 3.8) is 0 Å². The van der Waals surface area contributed by atoms with E-state index in [1.54, 1.807) is 5.56 Å². The predicted octanol–water partition coefficient (Wildman–Crippen LogP) is 3.23. The molecule has 1 aliphatic carbocycles. The summed E-state index contributed by atoms with van der Waals surface area (Å²) in [5, 5.41) is 3.62. The highest BCUT2D eigenvalue weighted by Gasteiger charge is 2.26. The zero-order chi connectivity index (χ0) is 9.97. The average Bonchev–Trinajstić information content (AvgIpc) is 2.54. The molecule has 0 radical (unpaired) electrons. The van der Waals surface area contributed by atoms with E-state index in [1.807, 2.05) is 0 Å². The highest BCUT2D eigenvalue weighted by atomic mass is 14.9. The van der Waals surface area contributed by atoms with Crippen molar-refractivity contribution < 1.29 is 0 Å². The van der Waals surface area contributed by atoms with E-state index in [9.17, 15) is 0 Å². The zero-order valence-electron chi connectivity index (χ0n) is 9.09. The molecule has 14 heavy (non-hydrogen) atoms. The van der Waals surface area contributed by atoms with Gasteiger partial charge in [-0.15, -0.1) is 0 Å². The maximum atomic E-state index is 3.62. The molecule has 0 aliphatic heterocycles. The normalized spacial score (nSPS) is 25.0. The molecule has 76 valence electrons. The van der Waals surface area contributed by atoms with Gasteiger partial charge in [0.15, 0.2) is 0 Å². The van der Waals surface area contributed by atoms with E-state index in [1.165, 1.54) is 18.4 Å². The summed E-state index contributed by atoms with van der Waals surface area (Å²) in [5.74, 6) is 0.723. The molecular weight excluding hydrogens is 170 g/mol. The smallest absolute Gasteiger partial charge is 0.0328 e. The summed E-state index contributed by atoms with van der Waals surface area (Å²) in [6.45, 7) is 5.68. The minimum Gasteiger partial charge on any atom is -0.310 e. The van der Waals surface area contributed by atoms with Gasteiger partial charge in [0.2, 0.25) is 0 Å². The lowest BCUT2D eigenvalue weighted by atomic mass is 10.0. The molecular formula is C13H19N. The van der Waals surface area contributed by atoms with E-state index in [-0.39, 0.29) is 0 Å². The first-order valence-electron chi connectivity index (χ1n) is 5.65. The van der Waals surface area contributed by atoms with E-state index in [4.69, 9.17) is 0 Å². The maximum absolute atomic E-state index is 3.62. The molecule has 1 nitrogen and oxygen atoms in total. The van der Waals surface area contributed by atoms with Crippen LogP contribution in [0.4, 0.5) is 0 Å². The summed E-state index contributed by atoms with van der Waals surface area (Å²) >= 11 is 0. The molecule has 2 atom stereocenters. The number of hydrogen-bond acceptors (Lipinski definition) is 1. The highest BCUT2D eigenvalue weighted by molar-refractivity contribution is 5.37.